The highest BCUT2D eigenvalue weighted by molar-refractivity contribution is 7.07. The van der Waals surface area contributed by atoms with Gasteiger partial charge in [-0.25, -0.2) is 0 Å². The van der Waals surface area contributed by atoms with Gasteiger partial charge in [0, 0.05) is 23.1 Å². The summed E-state index contributed by atoms with van der Waals surface area (Å²) in [4.78, 5) is 3.37. The molecule has 19 heavy (non-hydrogen) atoms. The second kappa shape index (κ2) is 5.78. The van der Waals surface area contributed by atoms with Crippen molar-refractivity contribution in [2.75, 3.05) is 6.54 Å². The third-order valence-electron chi connectivity index (χ3n) is 3.19. The van der Waals surface area contributed by atoms with E-state index in [1.54, 1.807) is 11.3 Å². The zero-order valence-corrected chi connectivity index (χ0v) is 12.0. The molecule has 2 aromatic heterocycles. The van der Waals surface area contributed by atoms with Crippen LogP contribution in [0.1, 0.15) is 11.3 Å². The minimum Gasteiger partial charge on any atom is -0.356 e. The highest BCUT2D eigenvalue weighted by atomic mass is 35.5. The Bertz CT molecular complexity index is 658. The molecule has 0 saturated heterocycles. The number of halogens is 1. The number of hydrogen-bond acceptors (Lipinski definition) is 2. The number of para-hydroxylation sites is 1. The van der Waals surface area contributed by atoms with Crippen molar-refractivity contribution >= 4 is 33.8 Å². The van der Waals surface area contributed by atoms with Gasteiger partial charge < -0.3 is 10.3 Å². The van der Waals surface area contributed by atoms with E-state index in [0.717, 1.165) is 41.1 Å². The van der Waals surface area contributed by atoms with Crippen LogP contribution in [0.3, 0.4) is 0 Å². The van der Waals surface area contributed by atoms with E-state index >= 15 is 0 Å². The fourth-order valence-corrected chi connectivity index (χ4v) is 3.15. The van der Waals surface area contributed by atoms with Crippen molar-refractivity contribution in [3.05, 3.63) is 57.4 Å². The molecule has 0 aliphatic carbocycles. The summed E-state index contributed by atoms with van der Waals surface area (Å²) in [5.41, 5.74) is 3.55. The molecule has 98 valence electrons. The molecule has 0 spiro atoms. The molecule has 0 radical (unpaired) electrons. The van der Waals surface area contributed by atoms with Gasteiger partial charge in [-0.15, -0.1) is 0 Å². The van der Waals surface area contributed by atoms with Gasteiger partial charge in [0.05, 0.1) is 5.02 Å². The van der Waals surface area contributed by atoms with Crippen LogP contribution in [-0.4, -0.2) is 11.5 Å². The zero-order chi connectivity index (χ0) is 13.1. The Morgan fingerprint density at radius 1 is 1.21 bits per heavy atom. The lowest BCUT2D eigenvalue weighted by atomic mass is 10.2. The van der Waals surface area contributed by atoms with Crippen molar-refractivity contribution in [2.45, 2.75) is 13.0 Å². The number of fused-ring (bicyclic) bond motifs is 1. The third kappa shape index (κ3) is 2.84. The van der Waals surface area contributed by atoms with Crippen LogP contribution in [0.15, 0.2) is 41.1 Å². The van der Waals surface area contributed by atoms with E-state index in [1.807, 2.05) is 18.2 Å². The van der Waals surface area contributed by atoms with Gasteiger partial charge in [-0.05, 0) is 41.4 Å². The molecule has 3 aromatic rings. The van der Waals surface area contributed by atoms with Crippen molar-refractivity contribution in [3.63, 3.8) is 0 Å². The van der Waals surface area contributed by atoms with Crippen LogP contribution in [0.5, 0.6) is 0 Å². The SMILES string of the molecule is Clc1c(CNCCc2ccsc2)[nH]c2ccccc12. The zero-order valence-electron chi connectivity index (χ0n) is 10.4. The molecular weight excluding hydrogens is 276 g/mol. The quantitative estimate of drug-likeness (QED) is 0.677. The minimum atomic E-state index is 0.775. The Labute approximate surface area is 121 Å². The first-order valence-corrected chi connectivity index (χ1v) is 7.63. The Morgan fingerprint density at radius 3 is 2.89 bits per heavy atom. The Balaban J connectivity index is 1.61. The number of aromatic nitrogens is 1. The number of rotatable bonds is 5. The lowest BCUT2D eigenvalue weighted by molar-refractivity contribution is 0.679. The number of thiophene rings is 1. The van der Waals surface area contributed by atoms with Gasteiger partial charge >= 0.3 is 0 Å². The molecular formula is C15H15ClN2S. The molecule has 4 heteroatoms. The average Bonchev–Trinajstić information content (AvgIpc) is 3.04. The molecule has 1 aromatic carbocycles. The Hall–Kier alpha value is -1.29. The standard InChI is InChI=1S/C15H15ClN2S/c16-15-12-3-1-2-4-13(12)18-14(15)9-17-7-5-11-6-8-19-10-11/h1-4,6,8,10,17-18H,5,7,9H2. The predicted octanol–water partition coefficient (Wildman–Crippen LogP) is 4.22. The lowest BCUT2D eigenvalue weighted by Crippen LogP contribution is -2.16. The molecule has 0 aliphatic heterocycles. The monoisotopic (exact) mass is 290 g/mol. The second-order valence-electron chi connectivity index (χ2n) is 4.52. The van der Waals surface area contributed by atoms with E-state index in [2.05, 4.69) is 33.2 Å². The number of H-pyrrole nitrogens is 1. The van der Waals surface area contributed by atoms with Crippen molar-refractivity contribution in [1.82, 2.24) is 10.3 Å². The smallest absolute Gasteiger partial charge is 0.0705 e. The van der Waals surface area contributed by atoms with E-state index in [-0.39, 0.29) is 0 Å². The summed E-state index contributed by atoms with van der Waals surface area (Å²) in [6.45, 7) is 1.74. The number of aromatic amines is 1. The summed E-state index contributed by atoms with van der Waals surface area (Å²) >= 11 is 8.11. The number of benzene rings is 1. The maximum atomic E-state index is 6.37. The summed E-state index contributed by atoms with van der Waals surface area (Å²) in [5, 5.41) is 9.67. The molecule has 0 fully saturated rings. The van der Waals surface area contributed by atoms with Gasteiger partial charge in [0.1, 0.15) is 0 Å². The summed E-state index contributed by atoms with van der Waals surface area (Å²) in [5.74, 6) is 0. The van der Waals surface area contributed by atoms with E-state index in [4.69, 9.17) is 11.6 Å². The Morgan fingerprint density at radius 2 is 2.11 bits per heavy atom. The van der Waals surface area contributed by atoms with Gasteiger partial charge in [0.25, 0.3) is 0 Å². The van der Waals surface area contributed by atoms with Gasteiger partial charge in [0.2, 0.25) is 0 Å². The normalized spacial score (nSPS) is 11.2. The maximum Gasteiger partial charge on any atom is 0.0705 e. The molecule has 2 N–H and O–H groups in total. The first kappa shape index (κ1) is 12.7. The lowest BCUT2D eigenvalue weighted by Gasteiger charge is -2.02. The third-order valence-corrected chi connectivity index (χ3v) is 4.35. The molecule has 0 unspecified atom stereocenters. The molecule has 2 heterocycles. The van der Waals surface area contributed by atoms with E-state index < -0.39 is 0 Å². The summed E-state index contributed by atoms with van der Waals surface area (Å²) < 4.78 is 0. The predicted molar refractivity (Wildman–Crippen MR) is 83.0 cm³/mol. The van der Waals surface area contributed by atoms with Crippen LogP contribution in [0.4, 0.5) is 0 Å². The molecule has 0 atom stereocenters. The molecule has 2 nitrogen and oxygen atoms in total. The molecule has 3 rings (SSSR count). The van der Waals surface area contributed by atoms with Crippen molar-refractivity contribution in [1.29, 1.82) is 0 Å². The Kier molecular flexibility index (Phi) is 3.87. The van der Waals surface area contributed by atoms with E-state index in [0.29, 0.717) is 0 Å². The van der Waals surface area contributed by atoms with Crippen molar-refractivity contribution in [2.24, 2.45) is 0 Å². The molecule has 0 saturated carbocycles. The maximum absolute atomic E-state index is 6.37. The van der Waals surface area contributed by atoms with Crippen LogP contribution in [0, 0.1) is 0 Å². The second-order valence-corrected chi connectivity index (χ2v) is 5.68. The average molecular weight is 291 g/mol. The van der Waals surface area contributed by atoms with Gasteiger partial charge in [-0.2, -0.15) is 11.3 Å². The molecule has 0 aliphatic rings. The summed E-state index contributed by atoms with van der Waals surface area (Å²) in [6, 6.07) is 10.3. The van der Waals surface area contributed by atoms with E-state index in [9.17, 15) is 0 Å². The summed E-state index contributed by atoms with van der Waals surface area (Å²) in [6.07, 6.45) is 1.06. The van der Waals surface area contributed by atoms with E-state index in [1.165, 1.54) is 5.56 Å². The molecule has 0 bridgehead atoms. The highest BCUT2D eigenvalue weighted by Gasteiger charge is 2.07. The topological polar surface area (TPSA) is 27.8 Å². The highest BCUT2D eigenvalue weighted by Crippen LogP contribution is 2.26. The van der Waals surface area contributed by atoms with Crippen LogP contribution in [-0.2, 0) is 13.0 Å². The van der Waals surface area contributed by atoms with Crippen LogP contribution >= 0.6 is 22.9 Å². The summed E-state index contributed by atoms with van der Waals surface area (Å²) in [7, 11) is 0. The largest absolute Gasteiger partial charge is 0.356 e. The van der Waals surface area contributed by atoms with Gasteiger partial charge in [-0.3, -0.25) is 0 Å². The number of hydrogen-bond donors (Lipinski definition) is 2. The minimum absolute atomic E-state index is 0.775. The van der Waals surface area contributed by atoms with Crippen LogP contribution < -0.4 is 5.32 Å². The van der Waals surface area contributed by atoms with Crippen LogP contribution in [0.25, 0.3) is 10.9 Å². The van der Waals surface area contributed by atoms with Crippen molar-refractivity contribution in [3.8, 4) is 0 Å². The van der Waals surface area contributed by atoms with Gasteiger partial charge in [-0.1, -0.05) is 29.8 Å². The first-order valence-electron chi connectivity index (χ1n) is 6.31. The first-order chi connectivity index (χ1) is 9.34. The van der Waals surface area contributed by atoms with Crippen molar-refractivity contribution < 1.29 is 0 Å². The fourth-order valence-electron chi connectivity index (χ4n) is 2.17. The van der Waals surface area contributed by atoms with Gasteiger partial charge in [0.15, 0.2) is 0 Å². The van der Waals surface area contributed by atoms with Crippen LogP contribution in [0.2, 0.25) is 5.02 Å². The fraction of sp³-hybridized carbons (Fsp3) is 0.200. The number of nitrogens with one attached hydrogen (secondary N) is 2. The molecule has 0 amide bonds.